The van der Waals surface area contributed by atoms with Crippen LogP contribution >= 0.6 is 12.2 Å². The number of thiocarbonyl (C=S) groups is 1. The van der Waals surface area contributed by atoms with Crippen LogP contribution in [0, 0.1) is 6.92 Å². The number of hydrogen-bond acceptors (Lipinski definition) is 5. The quantitative estimate of drug-likeness (QED) is 0.415. The minimum atomic E-state index is -0.351. The molecule has 0 spiro atoms. The summed E-state index contributed by atoms with van der Waals surface area (Å²) in [4.78, 5) is 14.7. The van der Waals surface area contributed by atoms with Gasteiger partial charge in [-0.05, 0) is 38.2 Å². The molecule has 0 radical (unpaired) electrons. The van der Waals surface area contributed by atoms with Crippen molar-refractivity contribution in [2.24, 2.45) is 0 Å². The minimum absolute atomic E-state index is 0.286. The second kappa shape index (κ2) is 8.98. The van der Waals surface area contributed by atoms with Crippen molar-refractivity contribution in [3.8, 4) is 0 Å². The molecule has 1 saturated heterocycles. The van der Waals surface area contributed by atoms with Gasteiger partial charge in [0.25, 0.3) is 0 Å². The Bertz CT molecular complexity index is 771. The molecular formula is C18H24N4O3S. The molecule has 1 aliphatic rings. The number of para-hydroxylation sites is 1. The van der Waals surface area contributed by atoms with Gasteiger partial charge in [0.15, 0.2) is 10.9 Å². The SMILES string of the molecule is Cc1c(C(=O)NNC(=S)NCCCN2CCOCC2)oc2ccccc12. The molecular weight excluding hydrogens is 352 g/mol. The number of amides is 1. The summed E-state index contributed by atoms with van der Waals surface area (Å²) >= 11 is 5.19. The molecule has 0 unspecified atom stereocenters. The summed E-state index contributed by atoms with van der Waals surface area (Å²) in [6.07, 6.45) is 0.971. The second-order valence-electron chi connectivity index (χ2n) is 6.19. The Labute approximate surface area is 158 Å². The van der Waals surface area contributed by atoms with Crippen LogP contribution in [-0.4, -0.2) is 55.3 Å². The van der Waals surface area contributed by atoms with Gasteiger partial charge >= 0.3 is 5.91 Å². The summed E-state index contributed by atoms with van der Waals surface area (Å²) < 4.78 is 11.0. The Morgan fingerprint density at radius 2 is 2.00 bits per heavy atom. The van der Waals surface area contributed by atoms with Crippen LogP contribution in [0.15, 0.2) is 28.7 Å². The lowest BCUT2D eigenvalue weighted by molar-refractivity contribution is 0.0376. The van der Waals surface area contributed by atoms with Gasteiger partial charge in [0, 0.05) is 30.6 Å². The highest BCUT2D eigenvalue weighted by Gasteiger charge is 2.17. The number of benzene rings is 1. The van der Waals surface area contributed by atoms with E-state index in [1.54, 1.807) is 0 Å². The Morgan fingerprint density at radius 3 is 2.77 bits per heavy atom. The molecule has 140 valence electrons. The molecule has 2 heterocycles. The summed E-state index contributed by atoms with van der Waals surface area (Å²) in [7, 11) is 0. The molecule has 3 rings (SSSR count). The molecule has 0 saturated carbocycles. The van der Waals surface area contributed by atoms with Gasteiger partial charge in [-0.2, -0.15) is 0 Å². The number of fused-ring (bicyclic) bond motifs is 1. The number of carbonyl (C=O) groups is 1. The fraction of sp³-hybridized carbons (Fsp3) is 0.444. The Kier molecular flexibility index (Phi) is 6.43. The monoisotopic (exact) mass is 376 g/mol. The standard InChI is InChI=1S/C18H24N4O3S/c1-13-14-5-2-3-6-15(14)25-16(13)17(23)20-21-18(26)19-7-4-8-22-9-11-24-12-10-22/h2-3,5-6H,4,7-12H2,1H3,(H,20,23)(H2,19,21,26). The molecule has 8 heteroatoms. The Balaban J connectivity index is 1.39. The lowest BCUT2D eigenvalue weighted by Crippen LogP contribution is -2.47. The fourth-order valence-electron chi connectivity index (χ4n) is 2.93. The molecule has 1 aliphatic heterocycles. The number of rotatable bonds is 5. The zero-order valence-electron chi connectivity index (χ0n) is 14.8. The third-order valence-electron chi connectivity index (χ3n) is 4.38. The number of furan rings is 1. The smallest absolute Gasteiger partial charge is 0.305 e. The molecule has 1 amide bonds. The number of nitrogens with zero attached hydrogens (tertiary/aromatic N) is 1. The molecule has 0 bridgehead atoms. The summed E-state index contributed by atoms with van der Waals surface area (Å²) in [5.74, 6) is -0.0648. The average molecular weight is 376 g/mol. The molecule has 1 aromatic heterocycles. The van der Waals surface area contributed by atoms with Crippen molar-refractivity contribution < 1.29 is 13.9 Å². The van der Waals surface area contributed by atoms with Gasteiger partial charge in [0.1, 0.15) is 5.58 Å². The van der Waals surface area contributed by atoms with Crippen LogP contribution in [0.2, 0.25) is 0 Å². The molecule has 1 fully saturated rings. The largest absolute Gasteiger partial charge is 0.451 e. The van der Waals surface area contributed by atoms with Gasteiger partial charge < -0.3 is 14.5 Å². The van der Waals surface area contributed by atoms with Crippen LogP contribution in [0.5, 0.6) is 0 Å². The number of hydrazine groups is 1. The highest BCUT2D eigenvalue weighted by Crippen LogP contribution is 2.24. The van der Waals surface area contributed by atoms with Crippen molar-refractivity contribution >= 4 is 34.2 Å². The number of carbonyl (C=O) groups excluding carboxylic acids is 1. The summed E-state index contributed by atoms with van der Waals surface area (Å²) in [5.41, 5.74) is 6.80. The van der Waals surface area contributed by atoms with Gasteiger partial charge in [0.05, 0.1) is 13.2 Å². The van der Waals surface area contributed by atoms with Crippen molar-refractivity contribution in [3.63, 3.8) is 0 Å². The highest BCUT2D eigenvalue weighted by molar-refractivity contribution is 7.80. The fourth-order valence-corrected chi connectivity index (χ4v) is 3.09. The van der Waals surface area contributed by atoms with Crippen molar-refractivity contribution in [1.29, 1.82) is 0 Å². The third kappa shape index (κ3) is 4.72. The van der Waals surface area contributed by atoms with Crippen molar-refractivity contribution in [1.82, 2.24) is 21.1 Å². The summed E-state index contributed by atoms with van der Waals surface area (Å²) in [5, 5.41) is 4.40. The molecule has 0 aliphatic carbocycles. The van der Waals surface area contributed by atoms with Crippen LogP contribution < -0.4 is 16.2 Å². The number of aryl methyl sites for hydroxylation is 1. The molecule has 2 aromatic rings. The second-order valence-corrected chi connectivity index (χ2v) is 6.60. The van der Waals surface area contributed by atoms with Gasteiger partial charge in [-0.25, -0.2) is 0 Å². The van der Waals surface area contributed by atoms with Gasteiger partial charge in [-0.1, -0.05) is 18.2 Å². The van der Waals surface area contributed by atoms with E-state index in [-0.39, 0.29) is 11.7 Å². The number of ether oxygens (including phenoxy) is 1. The Hall–Kier alpha value is -2.16. The van der Waals surface area contributed by atoms with E-state index in [1.165, 1.54) is 0 Å². The Morgan fingerprint density at radius 1 is 1.23 bits per heavy atom. The van der Waals surface area contributed by atoms with Crippen molar-refractivity contribution in [2.75, 3.05) is 39.4 Å². The third-order valence-corrected chi connectivity index (χ3v) is 4.63. The van der Waals surface area contributed by atoms with E-state index in [4.69, 9.17) is 21.4 Å². The molecule has 3 N–H and O–H groups in total. The summed E-state index contributed by atoms with van der Waals surface area (Å²) in [6.45, 7) is 7.18. The maximum Gasteiger partial charge on any atom is 0.305 e. The molecule has 1 aromatic carbocycles. The van der Waals surface area contributed by atoms with Gasteiger partial charge in [-0.15, -0.1) is 0 Å². The van der Waals surface area contributed by atoms with Crippen LogP contribution in [0.25, 0.3) is 11.0 Å². The summed E-state index contributed by atoms with van der Waals surface area (Å²) in [6, 6.07) is 7.56. The number of nitrogens with one attached hydrogen (secondary N) is 3. The number of morpholine rings is 1. The van der Waals surface area contributed by atoms with E-state index in [1.807, 2.05) is 31.2 Å². The van der Waals surface area contributed by atoms with E-state index in [0.29, 0.717) is 10.7 Å². The van der Waals surface area contributed by atoms with Crippen LogP contribution in [-0.2, 0) is 4.74 Å². The first-order chi connectivity index (χ1) is 12.6. The van der Waals surface area contributed by atoms with Gasteiger partial charge in [0.2, 0.25) is 0 Å². The van der Waals surface area contributed by atoms with E-state index < -0.39 is 0 Å². The van der Waals surface area contributed by atoms with Crippen LogP contribution in [0.1, 0.15) is 22.5 Å². The van der Waals surface area contributed by atoms with E-state index in [2.05, 4.69) is 21.1 Å². The minimum Gasteiger partial charge on any atom is -0.451 e. The zero-order chi connectivity index (χ0) is 18.4. The highest BCUT2D eigenvalue weighted by atomic mass is 32.1. The van der Waals surface area contributed by atoms with E-state index in [0.717, 1.165) is 56.8 Å². The first-order valence-electron chi connectivity index (χ1n) is 8.77. The molecule has 0 atom stereocenters. The first-order valence-corrected chi connectivity index (χ1v) is 9.18. The lowest BCUT2D eigenvalue weighted by Gasteiger charge is -2.26. The number of hydrogen-bond donors (Lipinski definition) is 3. The lowest BCUT2D eigenvalue weighted by atomic mass is 10.1. The predicted octanol–water partition coefficient (Wildman–Crippen LogP) is 1.57. The average Bonchev–Trinajstić information content (AvgIpc) is 3.01. The van der Waals surface area contributed by atoms with Crippen molar-refractivity contribution in [2.45, 2.75) is 13.3 Å². The maximum absolute atomic E-state index is 12.3. The topological polar surface area (TPSA) is 78.8 Å². The predicted molar refractivity (Wildman–Crippen MR) is 104 cm³/mol. The maximum atomic E-state index is 12.3. The normalized spacial score (nSPS) is 15.0. The molecule has 26 heavy (non-hydrogen) atoms. The van der Waals surface area contributed by atoms with Crippen LogP contribution in [0.4, 0.5) is 0 Å². The van der Waals surface area contributed by atoms with Crippen molar-refractivity contribution in [3.05, 3.63) is 35.6 Å². The molecule has 7 nitrogen and oxygen atoms in total. The van der Waals surface area contributed by atoms with E-state index >= 15 is 0 Å². The van der Waals surface area contributed by atoms with Crippen LogP contribution in [0.3, 0.4) is 0 Å². The first kappa shape index (κ1) is 18.6. The zero-order valence-corrected chi connectivity index (χ0v) is 15.7. The van der Waals surface area contributed by atoms with Gasteiger partial charge in [-0.3, -0.25) is 20.5 Å². The van der Waals surface area contributed by atoms with E-state index in [9.17, 15) is 4.79 Å².